The van der Waals surface area contributed by atoms with Crippen LogP contribution >= 0.6 is 0 Å². The first-order valence-corrected chi connectivity index (χ1v) is 7.35. The molecule has 1 aliphatic rings. The number of phenolic OH excluding ortho intramolecular Hbond substituents is 1. The summed E-state index contributed by atoms with van der Waals surface area (Å²) in [6.45, 7) is 2.77. The van der Waals surface area contributed by atoms with E-state index in [0.29, 0.717) is 30.4 Å². The minimum Gasteiger partial charge on any atom is -0.504 e. The molecule has 0 saturated heterocycles. The number of aliphatic imine (C=N–C) groups is 1. The third-order valence-electron chi connectivity index (χ3n) is 3.80. The first kappa shape index (κ1) is 14.9. The summed E-state index contributed by atoms with van der Waals surface area (Å²) < 4.78 is 5.32. The van der Waals surface area contributed by atoms with E-state index >= 15 is 0 Å². The Bertz CT molecular complexity index is 453. The lowest BCUT2D eigenvalue weighted by Crippen LogP contribution is -2.20. The molecule has 110 valence electrons. The van der Waals surface area contributed by atoms with Gasteiger partial charge in [0, 0.05) is 11.8 Å². The molecule has 1 saturated carbocycles. The highest BCUT2D eigenvalue weighted by Gasteiger charge is 2.22. The number of phenols is 1. The van der Waals surface area contributed by atoms with E-state index in [9.17, 15) is 10.2 Å². The lowest BCUT2D eigenvalue weighted by Gasteiger charge is -2.14. The van der Waals surface area contributed by atoms with Crippen LogP contribution in [0.1, 0.15) is 38.2 Å². The molecule has 1 fully saturated rings. The highest BCUT2D eigenvalue weighted by atomic mass is 16.5. The lowest BCUT2D eigenvalue weighted by molar-refractivity contribution is 0.119. The summed E-state index contributed by atoms with van der Waals surface area (Å²) in [7, 11) is 0. The summed E-state index contributed by atoms with van der Waals surface area (Å²) in [4.78, 5) is 4.26. The van der Waals surface area contributed by atoms with Crippen LogP contribution in [0.25, 0.3) is 0 Å². The molecule has 0 aromatic heterocycles. The molecule has 1 aliphatic carbocycles. The second-order valence-corrected chi connectivity index (χ2v) is 5.23. The summed E-state index contributed by atoms with van der Waals surface area (Å²) in [5.41, 5.74) is 0.620. The van der Waals surface area contributed by atoms with Gasteiger partial charge in [-0.3, -0.25) is 4.99 Å². The standard InChI is InChI=1S/C16H23NO3/c1-2-20-15-9-5-8-13(16(15)19)10-17-11-14(18)12-6-3-4-7-12/h5,8-10,12,14,18-19H,2-4,6-7,11H2,1H3. The fourth-order valence-electron chi connectivity index (χ4n) is 2.67. The number of benzene rings is 1. The Balaban J connectivity index is 1.95. The minimum absolute atomic E-state index is 0.105. The predicted molar refractivity (Wildman–Crippen MR) is 79.7 cm³/mol. The maximum atomic E-state index is 10.0. The minimum atomic E-state index is -0.369. The van der Waals surface area contributed by atoms with Gasteiger partial charge >= 0.3 is 0 Å². The van der Waals surface area contributed by atoms with Gasteiger partial charge in [0.05, 0.1) is 19.3 Å². The van der Waals surface area contributed by atoms with Crippen LogP contribution in [0, 0.1) is 5.92 Å². The van der Waals surface area contributed by atoms with Crippen LogP contribution in [0.4, 0.5) is 0 Å². The van der Waals surface area contributed by atoms with E-state index in [4.69, 9.17) is 4.74 Å². The van der Waals surface area contributed by atoms with Crippen molar-refractivity contribution in [1.29, 1.82) is 0 Å². The van der Waals surface area contributed by atoms with Gasteiger partial charge in [-0.15, -0.1) is 0 Å². The van der Waals surface area contributed by atoms with Crippen LogP contribution in [-0.2, 0) is 0 Å². The first-order chi connectivity index (χ1) is 9.72. The number of aromatic hydroxyl groups is 1. The third-order valence-corrected chi connectivity index (χ3v) is 3.80. The van der Waals surface area contributed by atoms with Crippen molar-refractivity contribution in [3.63, 3.8) is 0 Å². The van der Waals surface area contributed by atoms with E-state index < -0.39 is 0 Å². The average molecular weight is 277 g/mol. The molecule has 1 aromatic rings. The van der Waals surface area contributed by atoms with E-state index in [1.165, 1.54) is 12.8 Å². The zero-order chi connectivity index (χ0) is 14.4. The smallest absolute Gasteiger partial charge is 0.166 e. The molecule has 4 heteroatoms. The number of rotatable bonds is 6. The molecule has 1 unspecified atom stereocenters. The van der Waals surface area contributed by atoms with Gasteiger partial charge in [-0.25, -0.2) is 0 Å². The van der Waals surface area contributed by atoms with Gasteiger partial charge in [-0.2, -0.15) is 0 Å². The van der Waals surface area contributed by atoms with Gasteiger partial charge in [-0.1, -0.05) is 18.9 Å². The maximum Gasteiger partial charge on any atom is 0.166 e. The van der Waals surface area contributed by atoms with E-state index in [-0.39, 0.29) is 11.9 Å². The molecule has 0 radical (unpaired) electrons. The molecule has 0 amide bonds. The number of ether oxygens (including phenoxy) is 1. The van der Waals surface area contributed by atoms with Gasteiger partial charge in [0.25, 0.3) is 0 Å². The number of aliphatic hydroxyl groups is 1. The highest BCUT2D eigenvalue weighted by molar-refractivity contribution is 5.84. The average Bonchev–Trinajstić information content (AvgIpc) is 2.97. The Morgan fingerprint density at radius 1 is 1.40 bits per heavy atom. The second kappa shape index (κ2) is 7.29. The molecule has 0 aliphatic heterocycles. The quantitative estimate of drug-likeness (QED) is 0.786. The Labute approximate surface area is 120 Å². The molecule has 1 atom stereocenters. The normalized spacial score (nSPS) is 17.7. The largest absolute Gasteiger partial charge is 0.504 e. The molecule has 1 aromatic carbocycles. The van der Waals surface area contributed by atoms with E-state index in [2.05, 4.69) is 4.99 Å². The third kappa shape index (κ3) is 3.73. The summed E-state index contributed by atoms with van der Waals surface area (Å²) in [5, 5.41) is 20.1. The molecule has 2 N–H and O–H groups in total. The molecule has 0 bridgehead atoms. The molecule has 4 nitrogen and oxygen atoms in total. The number of hydrogen-bond donors (Lipinski definition) is 2. The van der Waals surface area contributed by atoms with Crippen LogP contribution in [0.3, 0.4) is 0 Å². The van der Waals surface area contributed by atoms with Crippen molar-refractivity contribution in [3.05, 3.63) is 23.8 Å². The Kier molecular flexibility index (Phi) is 5.41. The van der Waals surface area contributed by atoms with Gasteiger partial charge in [0.15, 0.2) is 11.5 Å². The van der Waals surface area contributed by atoms with Gasteiger partial charge in [-0.05, 0) is 37.8 Å². The van der Waals surface area contributed by atoms with Gasteiger partial charge in [0.1, 0.15) is 0 Å². The zero-order valence-corrected chi connectivity index (χ0v) is 12.0. The summed E-state index contributed by atoms with van der Waals surface area (Å²) in [5.74, 6) is 0.955. The molecule has 20 heavy (non-hydrogen) atoms. The molecule has 2 rings (SSSR count). The Morgan fingerprint density at radius 3 is 2.85 bits per heavy atom. The number of aliphatic hydroxyl groups excluding tert-OH is 1. The number of para-hydroxylation sites is 1. The van der Waals surface area contributed by atoms with Crippen LogP contribution in [0.2, 0.25) is 0 Å². The van der Waals surface area contributed by atoms with E-state index in [1.807, 2.05) is 13.0 Å². The van der Waals surface area contributed by atoms with Crippen LogP contribution in [-0.4, -0.2) is 35.7 Å². The Hall–Kier alpha value is -1.55. The molecular weight excluding hydrogens is 254 g/mol. The molecular formula is C16H23NO3. The molecule has 0 spiro atoms. The number of nitrogens with zero attached hydrogens (tertiary/aromatic N) is 1. The van der Waals surface area contributed by atoms with Gasteiger partial charge < -0.3 is 14.9 Å². The zero-order valence-electron chi connectivity index (χ0n) is 12.0. The van der Waals surface area contributed by atoms with E-state index in [1.54, 1.807) is 18.3 Å². The summed E-state index contributed by atoms with van der Waals surface area (Å²) in [6.07, 6.45) is 5.86. The first-order valence-electron chi connectivity index (χ1n) is 7.35. The fourth-order valence-corrected chi connectivity index (χ4v) is 2.67. The monoisotopic (exact) mass is 277 g/mol. The van der Waals surface area contributed by atoms with Crippen molar-refractivity contribution < 1.29 is 14.9 Å². The van der Waals surface area contributed by atoms with Crippen LogP contribution < -0.4 is 4.74 Å². The van der Waals surface area contributed by atoms with Crippen LogP contribution in [0.15, 0.2) is 23.2 Å². The Morgan fingerprint density at radius 2 is 2.15 bits per heavy atom. The topological polar surface area (TPSA) is 62.0 Å². The van der Waals surface area contributed by atoms with Crippen molar-refractivity contribution >= 4 is 6.21 Å². The molecule has 0 heterocycles. The van der Waals surface area contributed by atoms with Crippen molar-refractivity contribution in [1.82, 2.24) is 0 Å². The van der Waals surface area contributed by atoms with Gasteiger partial charge in [0.2, 0.25) is 0 Å². The SMILES string of the molecule is CCOc1cccc(C=NCC(O)C2CCCC2)c1O. The predicted octanol–water partition coefficient (Wildman–Crippen LogP) is 2.76. The fraction of sp³-hybridized carbons (Fsp3) is 0.562. The van der Waals surface area contributed by atoms with Crippen molar-refractivity contribution in [3.8, 4) is 11.5 Å². The highest BCUT2D eigenvalue weighted by Crippen LogP contribution is 2.29. The summed E-state index contributed by atoms with van der Waals surface area (Å²) >= 11 is 0. The van der Waals surface area contributed by atoms with Crippen molar-refractivity contribution in [2.45, 2.75) is 38.7 Å². The van der Waals surface area contributed by atoms with Crippen molar-refractivity contribution in [2.24, 2.45) is 10.9 Å². The van der Waals surface area contributed by atoms with E-state index in [0.717, 1.165) is 12.8 Å². The summed E-state index contributed by atoms with van der Waals surface area (Å²) in [6, 6.07) is 5.33. The second-order valence-electron chi connectivity index (χ2n) is 5.23. The number of hydrogen-bond acceptors (Lipinski definition) is 4. The maximum absolute atomic E-state index is 10.0. The lowest BCUT2D eigenvalue weighted by atomic mass is 10.0. The van der Waals surface area contributed by atoms with Crippen LogP contribution in [0.5, 0.6) is 11.5 Å². The van der Waals surface area contributed by atoms with Crippen molar-refractivity contribution in [2.75, 3.05) is 13.2 Å².